The summed E-state index contributed by atoms with van der Waals surface area (Å²) in [5.41, 5.74) is -0.0600. The molecule has 0 aromatic carbocycles. The smallest absolute Gasteiger partial charge is 0.240 e. The Morgan fingerprint density at radius 2 is 1.94 bits per heavy atom. The highest BCUT2D eigenvalue weighted by Gasteiger charge is 2.59. The van der Waals surface area contributed by atoms with Gasteiger partial charge in [-0.05, 0) is 13.3 Å². The van der Waals surface area contributed by atoms with Crippen molar-refractivity contribution in [1.82, 2.24) is 15.1 Å². The minimum Gasteiger partial charge on any atom is -0.543 e. The molecule has 0 unspecified atom stereocenters. The number of fused-ring (bicyclic) bond motifs is 1. The summed E-state index contributed by atoms with van der Waals surface area (Å²) in [5, 5.41) is 25.2. The Morgan fingerprint density at radius 1 is 1.29 bits per heavy atom. The highest BCUT2D eigenvalue weighted by atomic mass is 32.2. The average molecular weight is 453 g/mol. The number of β-lactam (4-membered cyclic amide) rings is 1. The fraction of sp³-hybridized carbons (Fsp3) is 0.762. The molecule has 0 bridgehead atoms. The van der Waals surface area contributed by atoms with Gasteiger partial charge in [0.15, 0.2) is 0 Å². The first-order valence-electron chi connectivity index (χ1n) is 11.0. The van der Waals surface area contributed by atoms with Crippen LogP contribution in [0.25, 0.3) is 0 Å². The number of carboxylic acids is 1. The third-order valence-electron chi connectivity index (χ3n) is 7.25. The zero-order valence-corrected chi connectivity index (χ0v) is 19.4. The number of nitrogens with one attached hydrogen (secondary N) is 1. The number of piperazine rings is 1. The number of nitrogens with zero attached hydrogens (tertiary/aromatic N) is 3. The van der Waals surface area contributed by atoms with Crippen molar-refractivity contribution in [3.63, 3.8) is 0 Å². The molecule has 3 fully saturated rings. The maximum absolute atomic E-state index is 13.0. The van der Waals surface area contributed by atoms with Crippen molar-refractivity contribution in [2.24, 2.45) is 11.8 Å². The molecule has 0 spiro atoms. The van der Waals surface area contributed by atoms with Crippen LogP contribution in [-0.4, -0.2) is 107 Å². The second-order valence-corrected chi connectivity index (χ2v) is 11.2. The SMILES string of the molecule is C[C@@H](O)[C@H]1C(=O)N2C(C(=O)[O-])=C(S[C@@H]3CN[C@H](C(=O)N4CC[N+](C)(C)CC4)C3)[C@H](C)[C@H]12. The normalized spacial score (nSPS) is 35.8. The van der Waals surface area contributed by atoms with Crippen molar-refractivity contribution in [3.8, 4) is 0 Å². The third-order valence-corrected chi connectivity index (χ3v) is 8.76. The van der Waals surface area contributed by atoms with Crippen LogP contribution >= 0.6 is 11.8 Å². The van der Waals surface area contributed by atoms with Crippen molar-refractivity contribution < 1.29 is 29.1 Å². The minimum absolute atomic E-state index is 0.0385. The number of rotatable bonds is 5. The van der Waals surface area contributed by atoms with Crippen LogP contribution < -0.4 is 10.4 Å². The summed E-state index contributed by atoms with van der Waals surface area (Å²) in [6.45, 7) is 7.43. The summed E-state index contributed by atoms with van der Waals surface area (Å²) in [6.07, 6.45) is -0.209. The molecule has 172 valence electrons. The van der Waals surface area contributed by atoms with Crippen molar-refractivity contribution in [2.45, 2.75) is 43.7 Å². The Labute approximate surface area is 187 Å². The highest BCUT2D eigenvalue weighted by Crippen LogP contribution is 2.51. The van der Waals surface area contributed by atoms with Gasteiger partial charge >= 0.3 is 0 Å². The lowest BCUT2D eigenvalue weighted by molar-refractivity contribution is -0.894. The second-order valence-electron chi connectivity index (χ2n) is 9.90. The number of carboxylic acid groups (broad SMARTS) is 1. The van der Waals surface area contributed by atoms with Gasteiger partial charge in [0, 0.05) is 22.6 Å². The third kappa shape index (κ3) is 3.88. The lowest BCUT2D eigenvalue weighted by atomic mass is 9.79. The van der Waals surface area contributed by atoms with Gasteiger partial charge in [0.2, 0.25) is 11.8 Å². The van der Waals surface area contributed by atoms with E-state index in [1.807, 2.05) is 11.8 Å². The van der Waals surface area contributed by atoms with E-state index in [-0.39, 0.29) is 40.8 Å². The molecule has 4 aliphatic heterocycles. The Kier molecular flexibility index (Phi) is 5.87. The molecule has 0 radical (unpaired) electrons. The molecule has 31 heavy (non-hydrogen) atoms. The summed E-state index contributed by atoms with van der Waals surface area (Å²) >= 11 is 1.44. The topological polar surface area (TPSA) is 113 Å². The number of aliphatic carboxylic acids is 1. The monoisotopic (exact) mass is 452 g/mol. The van der Waals surface area contributed by atoms with Crippen molar-refractivity contribution in [1.29, 1.82) is 0 Å². The van der Waals surface area contributed by atoms with Crippen LogP contribution in [0, 0.1) is 11.8 Å². The molecule has 3 saturated heterocycles. The number of carbonyl (C=O) groups excluding carboxylic acids is 3. The number of likely N-dealkylation sites (N-methyl/N-ethyl adjacent to an activating group) is 1. The zero-order valence-electron chi connectivity index (χ0n) is 18.5. The fourth-order valence-corrected chi connectivity index (χ4v) is 6.75. The van der Waals surface area contributed by atoms with Gasteiger partial charge in [0.25, 0.3) is 0 Å². The maximum atomic E-state index is 13.0. The lowest BCUT2D eigenvalue weighted by Crippen LogP contribution is -2.64. The van der Waals surface area contributed by atoms with Crippen LogP contribution in [0.3, 0.4) is 0 Å². The summed E-state index contributed by atoms with van der Waals surface area (Å²) in [7, 11) is 4.34. The number of aliphatic hydroxyl groups is 1. The molecular weight excluding hydrogens is 420 g/mol. The average Bonchev–Trinajstić information content (AvgIpc) is 3.23. The molecule has 0 saturated carbocycles. The van der Waals surface area contributed by atoms with E-state index in [1.54, 1.807) is 6.92 Å². The van der Waals surface area contributed by atoms with Gasteiger partial charge in [-0.1, -0.05) is 6.92 Å². The number of carbonyl (C=O) groups is 3. The van der Waals surface area contributed by atoms with E-state index in [1.165, 1.54) is 16.7 Å². The summed E-state index contributed by atoms with van der Waals surface area (Å²) < 4.78 is 0.919. The van der Waals surface area contributed by atoms with E-state index in [2.05, 4.69) is 19.4 Å². The maximum Gasteiger partial charge on any atom is 0.240 e. The first kappa shape index (κ1) is 22.6. The molecule has 10 heteroatoms. The highest BCUT2D eigenvalue weighted by molar-refractivity contribution is 8.03. The predicted molar refractivity (Wildman–Crippen MR) is 113 cm³/mol. The van der Waals surface area contributed by atoms with Crippen molar-refractivity contribution >= 4 is 29.5 Å². The van der Waals surface area contributed by atoms with Crippen LogP contribution in [0.4, 0.5) is 0 Å². The van der Waals surface area contributed by atoms with Gasteiger partial charge in [0.1, 0.15) is 0 Å². The van der Waals surface area contributed by atoms with Crippen LogP contribution in [-0.2, 0) is 14.4 Å². The molecule has 4 aliphatic rings. The molecular formula is C21H32N4O5S. The number of thioether (sulfide) groups is 1. The van der Waals surface area contributed by atoms with E-state index in [9.17, 15) is 24.6 Å². The Morgan fingerprint density at radius 3 is 2.52 bits per heavy atom. The van der Waals surface area contributed by atoms with Crippen LogP contribution in [0.1, 0.15) is 20.3 Å². The van der Waals surface area contributed by atoms with Crippen molar-refractivity contribution in [3.05, 3.63) is 10.6 Å². The van der Waals surface area contributed by atoms with E-state index < -0.39 is 18.0 Å². The molecule has 2 amide bonds. The van der Waals surface area contributed by atoms with E-state index in [0.29, 0.717) is 17.9 Å². The van der Waals surface area contributed by atoms with Gasteiger partial charge in [-0.25, -0.2) is 0 Å². The van der Waals surface area contributed by atoms with Gasteiger partial charge in [0.05, 0.1) is 76.0 Å². The van der Waals surface area contributed by atoms with E-state index in [4.69, 9.17) is 0 Å². The summed E-state index contributed by atoms with van der Waals surface area (Å²) in [5.74, 6) is -2.37. The predicted octanol–water partition coefficient (Wildman–Crippen LogP) is -1.81. The van der Waals surface area contributed by atoms with Gasteiger partial charge in [-0.2, -0.15) is 0 Å². The molecule has 6 atom stereocenters. The molecule has 9 nitrogen and oxygen atoms in total. The number of hydrogen-bond donors (Lipinski definition) is 2. The Bertz CT molecular complexity index is 819. The summed E-state index contributed by atoms with van der Waals surface area (Å²) in [4.78, 5) is 41.1. The first-order chi connectivity index (χ1) is 14.5. The largest absolute Gasteiger partial charge is 0.543 e. The Balaban J connectivity index is 1.42. The quantitative estimate of drug-likeness (QED) is 0.373. The van der Waals surface area contributed by atoms with E-state index >= 15 is 0 Å². The zero-order chi connectivity index (χ0) is 22.7. The first-order valence-corrected chi connectivity index (χ1v) is 11.9. The minimum atomic E-state index is -1.36. The summed E-state index contributed by atoms with van der Waals surface area (Å²) in [6, 6.07) is -0.608. The van der Waals surface area contributed by atoms with Crippen molar-refractivity contribution in [2.75, 3.05) is 46.8 Å². The molecule has 4 heterocycles. The second kappa shape index (κ2) is 8.06. The van der Waals surface area contributed by atoms with E-state index in [0.717, 1.165) is 30.7 Å². The van der Waals surface area contributed by atoms with Gasteiger partial charge < -0.3 is 34.6 Å². The molecule has 2 N–H and O–H groups in total. The fourth-order valence-electron chi connectivity index (χ4n) is 5.28. The van der Waals surface area contributed by atoms with Crippen LogP contribution in [0.2, 0.25) is 0 Å². The number of quaternary nitrogens is 1. The van der Waals surface area contributed by atoms with Gasteiger partial charge in [-0.3, -0.25) is 9.59 Å². The number of hydrogen-bond acceptors (Lipinski definition) is 7. The molecule has 0 aliphatic carbocycles. The number of aliphatic hydroxyl groups excluding tert-OH is 1. The molecule has 0 aromatic rings. The van der Waals surface area contributed by atoms with Gasteiger partial charge in [-0.15, -0.1) is 11.8 Å². The molecule has 4 rings (SSSR count). The Hall–Kier alpha value is -1.62. The van der Waals surface area contributed by atoms with Crippen LogP contribution in [0.5, 0.6) is 0 Å². The number of amides is 2. The molecule has 0 aromatic heterocycles. The standard InChI is InChI=1S/C21H32N4O5S/c1-11-16-15(12(2)26)20(28)24(16)17(21(29)30)18(11)31-13-9-14(22-10-13)19(27)23-5-7-25(3,4)8-6-23/h11-16,22,26H,5-10H2,1-4H3/t11-,12-,13+,14+,15-,16-/m1/s1. The lowest BCUT2D eigenvalue weighted by Gasteiger charge is -2.47. The van der Waals surface area contributed by atoms with Crippen LogP contribution in [0.15, 0.2) is 10.6 Å².